The molecule has 0 bridgehead atoms. The maximum atomic E-state index is 12.1. The molecule has 2 heterocycles. The molecule has 0 aliphatic heterocycles. The lowest BCUT2D eigenvalue weighted by molar-refractivity contribution is 0.0945. The number of rotatable bonds is 5. The smallest absolute Gasteiger partial charge is 0.271 e. The highest BCUT2D eigenvalue weighted by Crippen LogP contribution is 2.23. The number of para-hydroxylation sites is 1. The summed E-state index contributed by atoms with van der Waals surface area (Å²) in [4.78, 5) is 24.5. The first-order chi connectivity index (χ1) is 11.7. The Labute approximate surface area is 143 Å². The van der Waals surface area contributed by atoms with E-state index in [1.807, 2.05) is 36.4 Å². The zero-order valence-corrected chi connectivity index (χ0v) is 13.4. The number of hydrogen-bond donors (Lipinski definition) is 2. The summed E-state index contributed by atoms with van der Waals surface area (Å²) < 4.78 is 0. The molecule has 0 spiro atoms. The fourth-order valence-corrected chi connectivity index (χ4v) is 2.16. The fraction of sp³-hybridized carbons (Fsp3) is 0.0588. The van der Waals surface area contributed by atoms with E-state index < -0.39 is 0 Å². The molecular weight excluding hydrogens is 326 g/mol. The Morgan fingerprint density at radius 2 is 1.83 bits per heavy atom. The number of benzene rings is 1. The van der Waals surface area contributed by atoms with Crippen molar-refractivity contribution in [3.63, 3.8) is 0 Å². The van der Waals surface area contributed by atoms with Crippen molar-refractivity contribution >= 4 is 29.0 Å². The molecule has 3 aromatic rings. The molecule has 0 radical (unpaired) electrons. The van der Waals surface area contributed by atoms with E-state index in [9.17, 15) is 4.79 Å². The van der Waals surface area contributed by atoms with Crippen LogP contribution < -0.4 is 10.6 Å². The average molecular weight is 340 g/mol. The average Bonchev–Trinajstić information content (AvgIpc) is 2.63. The van der Waals surface area contributed by atoms with E-state index in [4.69, 9.17) is 11.6 Å². The topological polar surface area (TPSA) is 79.8 Å². The number of nitrogens with zero attached hydrogens (tertiary/aromatic N) is 3. The van der Waals surface area contributed by atoms with Gasteiger partial charge in [0, 0.05) is 6.20 Å². The summed E-state index contributed by atoms with van der Waals surface area (Å²) in [6.07, 6.45) is 4.57. The first-order valence-corrected chi connectivity index (χ1v) is 7.62. The molecule has 0 fully saturated rings. The Balaban J connectivity index is 1.61. The lowest BCUT2D eigenvalue weighted by atomic mass is 10.3. The third kappa shape index (κ3) is 4.05. The third-order valence-corrected chi connectivity index (χ3v) is 3.51. The predicted octanol–water partition coefficient (Wildman–Crippen LogP) is 3.20. The molecule has 3 rings (SSSR count). The molecule has 1 aromatic carbocycles. The molecule has 0 saturated heterocycles. The van der Waals surface area contributed by atoms with E-state index in [1.165, 1.54) is 12.4 Å². The molecule has 2 N–H and O–H groups in total. The second-order valence-electron chi connectivity index (χ2n) is 4.90. The summed E-state index contributed by atoms with van der Waals surface area (Å²) in [5.41, 5.74) is 1.73. The number of pyridine rings is 1. The van der Waals surface area contributed by atoms with Crippen molar-refractivity contribution in [3.8, 4) is 0 Å². The molecule has 120 valence electrons. The van der Waals surface area contributed by atoms with Gasteiger partial charge < -0.3 is 10.6 Å². The summed E-state index contributed by atoms with van der Waals surface area (Å²) in [6.45, 7) is 0.334. The highest BCUT2D eigenvalue weighted by molar-refractivity contribution is 6.33. The van der Waals surface area contributed by atoms with Crippen LogP contribution in [0, 0.1) is 0 Å². The van der Waals surface area contributed by atoms with Crippen LogP contribution in [0.3, 0.4) is 0 Å². The monoisotopic (exact) mass is 339 g/mol. The van der Waals surface area contributed by atoms with Gasteiger partial charge >= 0.3 is 0 Å². The van der Waals surface area contributed by atoms with Gasteiger partial charge in [-0.1, -0.05) is 29.8 Å². The summed E-state index contributed by atoms with van der Waals surface area (Å²) in [5.74, 6) is 0.196. The second-order valence-corrected chi connectivity index (χ2v) is 5.30. The van der Waals surface area contributed by atoms with Crippen LogP contribution in [0.25, 0.3) is 0 Å². The Bertz CT molecular complexity index is 824. The third-order valence-electron chi connectivity index (χ3n) is 3.18. The molecule has 0 atom stereocenters. The number of carbonyl (C=O) groups is 1. The van der Waals surface area contributed by atoms with Gasteiger partial charge in [0.05, 0.1) is 35.3 Å². The fourth-order valence-electron chi connectivity index (χ4n) is 1.97. The minimum absolute atomic E-state index is 0.232. The van der Waals surface area contributed by atoms with Crippen LogP contribution in [0.1, 0.15) is 16.2 Å². The Kier molecular flexibility index (Phi) is 4.98. The minimum atomic E-state index is -0.308. The molecule has 0 unspecified atom stereocenters. The summed E-state index contributed by atoms with van der Waals surface area (Å²) in [6, 6.07) is 12.8. The van der Waals surface area contributed by atoms with Crippen LogP contribution >= 0.6 is 11.6 Å². The molecule has 0 aliphatic rings. The maximum Gasteiger partial charge on any atom is 0.271 e. The first-order valence-electron chi connectivity index (χ1n) is 7.24. The van der Waals surface area contributed by atoms with Gasteiger partial charge in [-0.05, 0) is 24.3 Å². The Morgan fingerprint density at radius 1 is 1.00 bits per heavy atom. The number of halogens is 1. The Morgan fingerprint density at radius 3 is 2.54 bits per heavy atom. The molecular formula is C17H14ClN5O. The van der Waals surface area contributed by atoms with Crippen molar-refractivity contribution in [1.29, 1.82) is 0 Å². The van der Waals surface area contributed by atoms with Crippen molar-refractivity contribution in [3.05, 3.63) is 77.5 Å². The second kappa shape index (κ2) is 7.52. The largest absolute Gasteiger partial charge is 0.345 e. The molecule has 24 heavy (non-hydrogen) atoms. The normalized spacial score (nSPS) is 10.2. The van der Waals surface area contributed by atoms with Gasteiger partial charge in [0.1, 0.15) is 11.5 Å². The molecule has 1 amide bonds. The zero-order valence-electron chi connectivity index (χ0n) is 12.6. The molecule has 2 aromatic heterocycles. The van der Waals surface area contributed by atoms with Crippen LogP contribution in [-0.2, 0) is 6.54 Å². The van der Waals surface area contributed by atoms with Gasteiger partial charge in [-0.15, -0.1) is 0 Å². The van der Waals surface area contributed by atoms with E-state index >= 15 is 0 Å². The van der Waals surface area contributed by atoms with Crippen molar-refractivity contribution in [1.82, 2.24) is 20.3 Å². The molecule has 6 nitrogen and oxygen atoms in total. The van der Waals surface area contributed by atoms with Gasteiger partial charge in [-0.25, -0.2) is 9.97 Å². The molecule has 0 saturated carbocycles. The van der Waals surface area contributed by atoms with Crippen LogP contribution in [0.2, 0.25) is 5.02 Å². The van der Waals surface area contributed by atoms with Crippen LogP contribution in [-0.4, -0.2) is 20.9 Å². The van der Waals surface area contributed by atoms with Crippen LogP contribution in [0.4, 0.5) is 11.5 Å². The van der Waals surface area contributed by atoms with Crippen LogP contribution in [0.5, 0.6) is 0 Å². The lowest BCUT2D eigenvalue weighted by Crippen LogP contribution is -2.24. The van der Waals surface area contributed by atoms with Crippen molar-refractivity contribution in [2.45, 2.75) is 6.54 Å². The Hall–Kier alpha value is -2.99. The molecule has 0 aliphatic carbocycles. The quantitative estimate of drug-likeness (QED) is 0.746. The number of nitrogens with one attached hydrogen (secondary N) is 2. The summed E-state index contributed by atoms with van der Waals surface area (Å²) in [7, 11) is 0. The summed E-state index contributed by atoms with van der Waals surface area (Å²) in [5, 5.41) is 6.38. The molecule has 7 heteroatoms. The van der Waals surface area contributed by atoms with E-state index in [1.54, 1.807) is 12.3 Å². The number of hydrogen-bond acceptors (Lipinski definition) is 5. The highest BCUT2D eigenvalue weighted by atomic mass is 35.5. The van der Waals surface area contributed by atoms with Gasteiger partial charge in [0.2, 0.25) is 0 Å². The number of amides is 1. The van der Waals surface area contributed by atoms with E-state index in [-0.39, 0.29) is 11.6 Å². The van der Waals surface area contributed by atoms with E-state index in [2.05, 4.69) is 25.6 Å². The highest BCUT2D eigenvalue weighted by Gasteiger charge is 2.08. The van der Waals surface area contributed by atoms with Crippen molar-refractivity contribution in [2.24, 2.45) is 0 Å². The number of aromatic nitrogens is 3. The lowest BCUT2D eigenvalue weighted by Gasteiger charge is -2.08. The van der Waals surface area contributed by atoms with E-state index in [0.717, 1.165) is 11.4 Å². The van der Waals surface area contributed by atoms with Gasteiger partial charge in [0.25, 0.3) is 5.91 Å². The van der Waals surface area contributed by atoms with Gasteiger partial charge in [0.15, 0.2) is 0 Å². The van der Waals surface area contributed by atoms with E-state index in [0.29, 0.717) is 17.4 Å². The van der Waals surface area contributed by atoms with Gasteiger partial charge in [-0.2, -0.15) is 0 Å². The SMILES string of the molecule is O=C(NCc1ccccn1)c1cnc(Nc2ccccc2Cl)cn1. The summed E-state index contributed by atoms with van der Waals surface area (Å²) >= 11 is 6.07. The predicted molar refractivity (Wildman–Crippen MR) is 92.2 cm³/mol. The van der Waals surface area contributed by atoms with Gasteiger partial charge in [-0.3, -0.25) is 9.78 Å². The minimum Gasteiger partial charge on any atom is -0.345 e. The number of carbonyl (C=O) groups excluding carboxylic acids is 1. The van der Waals surface area contributed by atoms with Crippen LogP contribution in [0.15, 0.2) is 61.1 Å². The first kappa shape index (κ1) is 15.9. The standard InChI is InChI=1S/C17H14ClN5O/c18-13-6-1-2-7-14(13)23-16-11-20-15(10-21-16)17(24)22-9-12-5-3-4-8-19-12/h1-8,10-11H,9H2,(H,21,23)(H,22,24). The zero-order chi connectivity index (χ0) is 16.8. The van der Waals surface area contributed by atoms with Crippen molar-refractivity contribution in [2.75, 3.05) is 5.32 Å². The van der Waals surface area contributed by atoms with Crippen molar-refractivity contribution < 1.29 is 4.79 Å². The maximum absolute atomic E-state index is 12.1. The number of anilines is 2.